The predicted molar refractivity (Wildman–Crippen MR) is 69.8 cm³/mol. The molecule has 5 N–H and O–H groups in total. The molecule has 1 aromatic carbocycles. The number of azo groups is 1. The predicted octanol–water partition coefficient (Wildman–Crippen LogP) is 1.88. The normalized spacial score (nSPS) is 12.5. The fourth-order valence-corrected chi connectivity index (χ4v) is 1.11. The van der Waals surface area contributed by atoms with E-state index in [1.807, 2.05) is 0 Å². The van der Waals surface area contributed by atoms with Crippen molar-refractivity contribution in [3.63, 3.8) is 0 Å². The molecule has 11 heteroatoms. The number of nitrogens with zero attached hydrogens (tertiary/aromatic N) is 2. The fraction of sp³-hybridized carbons (Fsp3) is 0.200. The molecule has 0 aliphatic carbocycles. The summed E-state index contributed by atoms with van der Waals surface area (Å²) in [6, 6.07) is 3.00. The van der Waals surface area contributed by atoms with E-state index in [1.165, 1.54) is 12.1 Å². The number of hydrogen-bond donors (Lipinski definition) is 3. The number of primary amides is 1. The zero-order valence-corrected chi connectivity index (χ0v) is 11.1. The Morgan fingerprint density at radius 1 is 1.24 bits per heavy atom. The smallest absolute Gasteiger partial charge is 0.406 e. The second kappa shape index (κ2) is 7.43. The summed E-state index contributed by atoms with van der Waals surface area (Å²) in [5.74, 6) is -1.97. The molecule has 0 spiro atoms. The third kappa shape index (κ3) is 6.56. The molecule has 116 valence electrons. The van der Waals surface area contributed by atoms with Crippen LogP contribution in [-0.2, 0) is 4.79 Å². The van der Waals surface area contributed by atoms with Crippen molar-refractivity contribution in [2.45, 2.75) is 12.4 Å². The second-order valence-electron chi connectivity index (χ2n) is 3.52. The Bertz CT molecular complexity index is 518. The van der Waals surface area contributed by atoms with Crippen LogP contribution in [0.2, 0.25) is 0 Å². The molecule has 21 heavy (non-hydrogen) atoms. The largest absolute Gasteiger partial charge is 0.573 e. The van der Waals surface area contributed by atoms with Gasteiger partial charge in [0.25, 0.3) is 5.91 Å². The first kappa shape index (κ1) is 18.6. The number of nitrogens with two attached hydrogens (primary N) is 2. The first-order valence-electron chi connectivity index (χ1n) is 5.09. The lowest BCUT2D eigenvalue weighted by Crippen LogP contribution is -2.38. The number of halogens is 4. The van der Waals surface area contributed by atoms with Gasteiger partial charge in [0.15, 0.2) is 0 Å². The van der Waals surface area contributed by atoms with Crippen molar-refractivity contribution >= 4 is 29.8 Å². The lowest BCUT2D eigenvalue weighted by atomic mass is 10.3. The van der Waals surface area contributed by atoms with E-state index in [9.17, 15) is 18.0 Å². The lowest BCUT2D eigenvalue weighted by Gasteiger charge is -2.08. The molecule has 1 aromatic rings. The molecule has 1 unspecified atom stereocenters. The highest BCUT2D eigenvalue weighted by Gasteiger charge is 2.30. The molecule has 1 rings (SSSR count). The van der Waals surface area contributed by atoms with Gasteiger partial charge in [-0.15, -0.1) is 25.6 Å². The Labute approximate surface area is 123 Å². The average molecular weight is 326 g/mol. The van der Waals surface area contributed by atoms with Gasteiger partial charge in [0.1, 0.15) is 11.6 Å². The van der Waals surface area contributed by atoms with Gasteiger partial charge in [-0.2, -0.15) is 10.2 Å². The van der Waals surface area contributed by atoms with Gasteiger partial charge in [0.2, 0.25) is 6.04 Å². The molecule has 0 aromatic heterocycles. The highest BCUT2D eigenvalue weighted by molar-refractivity contribution is 6.04. The van der Waals surface area contributed by atoms with Crippen LogP contribution in [0.25, 0.3) is 0 Å². The lowest BCUT2D eigenvalue weighted by molar-refractivity contribution is -0.274. The monoisotopic (exact) mass is 325 g/mol. The molecule has 0 aliphatic heterocycles. The summed E-state index contributed by atoms with van der Waals surface area (Å²) in [5.41, 5.74) is 10.2. The minimum atomic E-state index is -4.78. The molecular formula is C10H11ClF3N5O2. The maximum absolute atomic E-state index is 11.9. The summed E-state index contributed by atoms with van der Waals surface area (Å²) < 4.78 is 39.4. The summed E-state index contributed by atoms with van der Waals surface area (Å²) in [6.45, 7) is 0. The van der Waals surface area contributed by atoms with Crippen molar-refractivity contribution in [1.29, 1.82) is 5.41 Å². The number of carbonyl (C=O) groups is 1. The maximum atomic E-state index is 11.9. The number of benzene rings is 1. The van der Waals surface area contributed by atoms with Gasteiger partial charge in [0.05, 0.1) is 5.69 Å². The van der Waals surface area contributed by atoms with Crippen LogP contribution in [0.5, 0.6) is 5.75 Å². The van der Waals surface area contributed by atoms with E-state index in [2.05, 4.69) is 15.0 Å². The molecule has 0 aliphatic rings. The first-order valence-corrected chi connectivity index (χ1v) is 5.09. The highest BCUT2D eigenvalue weighted by atomic mass is 35.5. The molecule has 0 fully saturated rings. The first-order chi connectivity index (χ1) is 9.19. The third-order valence-electron chi connectivity index (χ3n) is 1.92. The van der Waals surface area contributed by atoms with Crippen LogP contribution >= 0.6 is 12.4 Å². The molecule has 1 amide bonds. The minimum absolute atomic E-state index is 0. The highest BCUT2D eigenvalue weighted by Crippen LogP contribution is 2.25. The summed E-state index contributed by atoms with van der Waals surface area (Å²) in [6.07, 6.45) is -4.78. The molecule has 0 radical (unpaired) electrons. The summed E-state index contributed by atoms with van der Waals surface area (Å²) >= 11 is 0. The van der Waals surface area contributed by atoms with E-state index >= 15 is 0 Å². The fourth-order valence-electron chi connectivity index (χ4n) is 1.11. The van der Waals surface area contributed by atoms with Gasteiger partial charge in [-0.05, 0) is 24.3 Å². The van der Waals surface area contributed by atoms with Crippen molar-refractivity contribution in [2.75, 3.05) is 0 Å². The van der Waals surface area contributed by atoms with Gasteiger partial charge in [-0.1, -0.05) is 0 Å². The Morgan fingerprint density at radius 3 is 2.14 bits per heavy atom. The number of hydrogen-bond acceptors (Lipinski definition) is 5. The summed E-state index contributed by atoms with van der Waals surface area (Å²) in [5, 5.41) is 14.0. The van der Waals surface area contributed by atoms with E-state index in [4.69, 9.17) is 16.9 Å². The van der Waals surface area contributed by atoms with Gasteiger partial charge >= 0.3 is 6.36 Å². The van der Waals surface area contributed by atoms with Crippen LogP contribution in [-0.4, -0.2) is 24.1 Å². The van der Waals surface area contributed by atoms with Crippen LogP contribution in [0.15, 0.2) is 34.5 Å². The van der Waals surface area contributed by atoms with E-state index in [0.29, 0.717) is 0 Å². The molecule has 1 atom stereocenters. The Balaban J connectivity index is 0.00000400. The van der Waals surface area contributed by atoms with E-state index in [-0.39, 0.29) is 18.1 Å². The second-order valence-corrected chi connectivity index (χ2v) is 3.52. The molecule has 0 heterocycles. The minimum Gasteiger partial charge on any atom is -0.406 e. The maximum Gasteiger partial charge on any atom is 0.573 e. The zero-order valence-electron chi connectivity index (χ0n) is 10.3. The van der Waals surface area contributed by atoms with Gasteiger partial charge in [-0.25, -0.2) is 0 Å². The van der Waals surface area contributed by atoms with Crippen molar-refractivity contribution in [3.8, 4) is 5.75 Å². The van der Waals surface area contributed by atoms with E-state index < -0.39 is 29.9 Å². The number of ether oxygens (including phenoxy) is 1. The standard InChI is InChI=1S/C10H10F3N5O2.ClH/c11-10(12,13)20-6-3-1-5(2-4-6)17-18-7(8(14)15)9(16)19;/h1-4,7H,(H3,14,15)(H2,16,19);1H. The van der Waals surface area contributed by atoms with Crippen LogP contribution in [0.4, 0.5) is 18.9 Å². The van der Waals surface area contributed by atoms with Crippen LogP contribution in [0, 0.1) is 5.41 Å². The van der Waals surface area contributed by atoms with Gasteiger partial charge < -0.3 is 16.2 Å². The summed E-state index contributed by atoms with van der Waals surface area (Å²) in [4.78, 5) is 10.9. The Morgan fingerprint density at radius 2 is 1.76 bits per heavy atom. The molecule has 0 saturated heterocycles. The van der Waals surface area contributed by atoms with Crippen molar-refractivity contribution in [3.05, 3.63) is 24.3 Å². The van der Waals surface area contributed by atoms with Crippen LogP contribution < -0.4 is 16.2 Å². The van der Waals surface area contributed by atoms with Crippen molar-refractivity contribution in [2.24, 2.45) is 21.7 Å². The molecule has 0 saturated carbocycles. The molecule has 0 bridgehead atoms. The SMILES string of the molecule is Cl.N=C(N)C(N=Nc1ccc(OC(F)(F)F)cc1)C(N)=O. The Hall–Kier alpha value is -2.36. The van der Waals surface area contributed by atoms with Crippen molar-refractivity contribution in [1.82, 2.24) is 0 Å². The number of rotatable bonds is 5. The quantitative estimate of drug-likeness (QED) is 0.434. The number of amides is 1. The van der Waals surface area contributed by atoms with E-state index in [0.717, 1.165) is 12.1 Å². The number of amidine groups is 1. The number of nitrogens with one attached hydrogen (secondary N) is 1. The van der Waals surface area contributed by atoms with Gasteiger partial charge in [-0.3, -0.25) is 10.2 Å². The molecular weight excluding hydrogens is 315 g/mol. The topological polar surface area (TPSA) is 127 Å². The van der Waals surface area contributed by atoms with E-state index in [1.54, 1.807) is 0 Å². The van der Waals surface area contributed by atoms with Crippen molar-refractivity contribution < 1.29 is 22.7 Å². The summed E-state index contributed by atoms with van der Waals surface area (Å²) in [7, 11) is 0. The zero-order chi connectivity index (χ0) is 15.3. The third-order valence-corrected chi connectivity index (χ3v) is 1.92. The van der Waals surface area contributed by atoms with Crippen LogP contribution in [0.1, 0.15) is 0 Å². The van der Waals surface area contributed by atoms with Crippen LogP contribution in [0.3, 0.4) is 0 Å². The number of carbonyl (C=O) groups excluding carboxylic acids is 1. The van der Waals surface area contributed by atoms with Gasteiger partial charge in [0, 0.05) is 0 Å². The molecule has 7 nitrogen and oxygen atoms in total. The number of alkyl halides is 3. The average Bonchev–Trinajstić information content (AvgIpc) is 2.28. The Kier molecular flexibility index (Phi) is 6.59.